The number of rotatable bonds is 8. The summed E-state index contributed by atoms with van der Waals surface area (Å²) in [4.78, 5) is 6.83. The van der Waals surface area contributed by atoms with Gasteiger partial charge in [-0.05, 0) is 58.2 Å². The Labute approximate surface area is 161 Å². The largest absolute Gasteiger partial charge is 0.493 e. The summed E-state index contributed by atoms with van der Waals surface area (Å²) in [6.45, 7) is 11.6. The molecule has 0 radical (unpaired) electrons. The molecule has 2 aromatic rings. The van der Waals surface area contributed by atoms with Crippen LogP contribution < -0.4 is 9.47 Å². The maximum atomic E-state index is 6.02. The van der Waals surface area contributed by atoms with Gasteiger partial charge in [-0.2, -0.15) is 4.98 Å². The minimum absolute atomic E-state index is 0.0806. The van der Waals surface area contributed by atoms with Crippen LogP contribution in [0.15, 0.2) is 29.3 Å². The quantitative estimate of drug-likeness (QED) is 0.647. The molecular formula is C21H29N3O3. The highest BCUT2D eigenvalue weighted by Gasteiger charge is 2.30. The molecule has 0 unspecified atom stereocenters. The molecule has 0 amide bonds. The van der Waals surface area contributed by atoms with Crippen LogP contribution in [0.2, 0.25) is 0 Å². The van der Waals surface area contributed by atoms with Crippen LogP contribution >= 0.6 is 0 Å². The molecule has 1 atom stereocenters. The average molecular weight is 371 g/mol. The first-order valence-corrected chi connectivity index (χ1v) is 9.53. The van der Waals surface area contributed by atoms with Crippen LogP contribution in [-0.4, -0.2) is 34.8 Å². The lowest BCUT2D eigenvalue weighted by Crippen LogP contribution is -2.23. The molecule has 2 heterocycles. The molecule has 0 N–H and O–H groups in total. The van der Waals surface area contributed by atoms with Gasteiger partial charge in [0.05, 0.1) is 19.3 Å². The lowest BCUT2D eigenvalue weighted by Gasteiger charge is -2.23. The van der Waals surface area contributed by atoms with Crippen LogP contribution in [0.5, 0.6) is 11.5 Å². The van der Waals surface area contributed by atoms with Gasteiger partial charge in [0, 0.05) is 12.1 Å². The second kappa shape index (κ2) is 8.57. The molecule has 0 saturated carbocycles. The third-order valence-corrected chi connectivity index (χ3v) is 4.71. The molecule has 6 nitrogen and oxygen atoms in total. The zero-order chi connectivity index (χ0) is 19.4. The van der Waals surface area contributed by atoms with E-state index in [4.69, 9.17) is 14.0 Å². The van der Waals surface area contributed by atoms with E-state index < -0.39 is 0 Å². The van der Waals surface area contributed by atoms with Crippen molar-refractivity contribution >= 4 is 0 Å². The second-order valence-corrected chi connectivity index (χ2v) is 7.25. The molecule has 1 aliphatic rings. The van der Waals surface area contributed by atoms with E-state index in [9.17, 15) is 0 Å². The summed E-state index contributed by atoms with van der Waals surface area (Å²) in [5.41, 5.74) is 2.28. The van der Waals surface area contributed by atoms with Crippen molar-refractivity contribution < 1.29 is 14.0 Å². The highest BCUT2D eigenvalue weighted by Crippen LogP contribution is 2.37. The number of methoxy groups -OCH3 is 1. The summed E-state index contributed by atoms with van der Waals surface area (Å²) in [5.74, 6) is 2.97. The number of likely N-dealkylation sites (tertiary alicyclic amines) is 1. The molecule has 0 spiro atoms. The Morgan fingerprint density at radius 1 is 1.41 bits per heavy atom. The Morgan fingerprint density at radius 3 is 2.85 bits per heavy atom. The highest BCUT2D eigenvalue weighted by molar-refractivity contribution is 5.50. The number of benzene rings is 1. The van der Waals surface area contributed by atoms with Crippen molar-refractivity contribution in [3.05, 3.63) is 47.6 Å². The summed E-state index contributed by atoms with van der Waals surface area (Å²) in [6.07, 6.45) is 4.87. The van der Waals surface area contributed by atoms with Gasteiger partial charge in [-0.1, -0.05) is 17.3 Å². The number of hydrogen-bond donors (Lipinski definition) is 0. The molecule has 1 aromatic heterocycles. The SMILES string of the molecule is C=CCc1cc(CN2CCC[C@@H]2c2nc(C)no2)cc(OC)c1OC(C)C. The first-order valence-electron chi connectivity index (χ1n) is 9.53. The molecule has 1 aliphatic heterocycles. The van der Waals surface area contributed by atoms with E-state index in [0.717, 1.165) is 49.4 Å². The maximum Gasteiger partial charge on any atom is 0.243 e. The van der Waals surface area contributed by atoms with E-state index in [1.807, 2.05) is 26.8 Å². The van der Waals surface area contributed by atoms with Gasteiger partial charge in [-0.3, -0.25) is 4.90 Å². The standard InChI is InChI=1S/C21H29N3O3/c1-6-8-17-11-16(12-19(25-5)20(17)26-14(2)3)13-24-10-7-9-18(24)21-22-15(4)23-27-21/h6,11-12,14,18H,1,7-10,13H2,2-5H3/t18-/m1/s1. The van der Waals surface area contributed by atoms with Crippen LogP contribution in [0, 0.1) is 6.92 Å². The van der Waals surface area contributed by atoms with Crippen LogP contribution in [-0.2, 0) is 13.0 Å². The number of aromatic nitrogens is 2. The van der Waals surface area contributed by atoms with Crippen molar-refractivity contribution in [2.24, 2.45) is 0 Å². The fourth-order valence-electron chi connectivity index (χ4n) is 3.62. The molecule has 1 saturated heterocycles. The minimum atomic E-state index is 0.0806. The smallest absolute Gasteiger partial charge is 0.243 e. The zero-order valence-electron chi connectivity index (χ0n) is 16.7. The molecule has 0 bridgehead atoms. The van der Waals surface area contributed by atoms with Crippen molar-refractivity contribution in [2.75, 3.05) is 13.7 Å². The van der Waals surface area contributed by atoms with Gasteiger partial charge < -0.3 is 14.0 Å². The summed E-state index contributed by atoms with van der Waals surface area (Å²) in [7, 11) is 1.68. The third-order valence-electron chi connectivity index (χ3n) is 4.71. The lowest BCUT2D eigenvalue weighted by molar-refractivity contribution is 0.200. The monoisotopic (exact) mass is 371 g/mol. The maximum absolute atomic E-state index is 6.02. The Balaban J connectivity index is 1.87. The predicted molar refractivity (Wildman–Crippen MR) is 104 cm³/mol. The second-order valence-electron chi connectivity index (χ2n) is 7.25. The zero-order valence-corrected chi connectivity index (χ0v) is 16.7. The summed E-state index contributed by atoms with van der Waals surface area (Å²) in [6, 6.07) is 4.43. The van der Waals surface area contributed by atoms with Crippen LogP contribution in [0.4, 0.5) is 0 Å². The molecular weight excluding hydrogens is 342 g/mol. The number of aryl methyl sites for hydroxylation is 1. The first kappa shape index (κ1) is 19.4. The molecule has 3 rings (SSSR count). The molecule has 1 fully saturated rings. The van der Waals surface area contributed by atoms with E-state index in [0.29, 0.717) is 11.7 Å². The Bertz CT molecular complexity index is 785. The average Bonchev–Trinajstić information content (AvgIpc) is 3.25. The van der Waals surface area contributed by atoms with Crippen molar-refractivity contribution in [1.29, 1.82) is 0 Å². The Kier molecular flexibility index (Phi) is 6.16. The van der Waals surface area contributed by atoms with E-state index >= 15 is 0 Å². The van der Waals surface area contributed by atoms with Crippen molar-refractivity contribution in [3.8, 4) is 11.5 Å². The van der Waals surface area contributed by atoms with Gasteiger partial charge in [0.1, 0.15) is 0 Å². The Morgan fingerprint density at radius 2 is 2.22 bits per heavy atom. The normalized spacial score (nSPS) is 17.4. The van der Waals surface area contributed by atoms with Crippen molar-refractivity contribution in [3.63, 3.8) is 0 Å². The fraction of sp³-hybridized carbons (Fsp3) is 0.524. The Hall–Kier alpha value is -2.34. The van der Waals surface area contributed by atoms with Gasteiger partial charge in [0.2, 0.25) is 5.89 Å². The molecule has 1 aromatic carbocycles. The van der Waals surface area contributed by atoms with Crippen LogP contribution in [0.3, 0.4) is 0 Å². The van der Waals surface area contributed by atoms with E-state index in [-0.39, 0.29) is 12.1 Å². The van der Waals surface area contributed by atoms with Gasteiger partial charge in [-0.15, -0.1) is 6.58 Å². The van der Waals surface area contributed by atoms with Gasteiger partial charge in [-0.25, -0.2) is 0 Å². The molecule has 0 aliphatic carbocycles. The highest BCUT2D eigenvalue weighted by atomic mass is 16.5. The van der Waals surface area contributed by atoms with Crippen LogP contribution in [0.1, 0.15) is 55.6 Å². The predicted octanol–water partition coefficient (Wildman–Crippen LogP) is 4.24. The van der Waals surface area contributed by atoms with E-state index in [2.05, 4.69) is 33.8 Å². The number of hydrogen-bond acceptors (Lipinski definition) is 6. The lowest BCUT2D eigenvalue weighted by atomic mass is 10.0. The minimum Gasteiger partial charge on any atom is -0.493 e. The van der Waals surface area contributed by atoms with E-state index in [1.54, 1.807) is 7.11 Å². The van der Waals surface area contributed by atoms with Crippen molar-refractivity contribution in [2.45, 2.75) is 58.7 Å². The summed E-state index contributed by atoms with van der Waals surface area (Å²) < 4.78 is 17.1. The van der Waals surface area contributed by atoms with Gasteiger partial charge in [0.25, 0.3) is 0 Å². The van der Waals surface area contributed by atoms with Crippen molar-refractivity contribution in [1.82, 2.24) is 15.0 Å². The number of ether oxygens (including phenoxy) is 2. The topological polar surface area (TPSA) is 60.6 Å². The fourth-order valence-corrected chi connectivity index (χ4v) is 3.62. The van der Waals surface area contributed by atoms with Gasteiger partial charge >= 0.3 is 0 Å². The summed E-state index contributed by atoms with van der Waals surface area (Å²) in [5, 5.41) is 3.95. The van der Waals surface area contributed by atoms with Gasteiger partial charge in [0.15, 0.2) is 17.3 Å². The van der Waals surface area contributed by atoms with E-state index in [1.165, 1.54) is 5.56 Å². The molecule has 6 heteroatoms. The number of nitrogens with zero attached hydrogens (tertiary/aromatic N) is 3. The third kappa shape index (κ3) is 4.50. The number of allylic oxidation sites excluding steroid dienone is 1. The van der Waals surface area contributed by atoms with Crippen LogP contribution in [0.25, 0.3) is 0 Å². The summed E-state index contributed by atoms with van der Waals surface area (Å²) >= 11 is 0. The molecule has 27 heavy (non-hydrogen) atoms. The molecule has 146 valence electrons. The first-order chi connectivity index (χ1) is 13.0.